The van der Waals surface area contributed by atoms with E-state index in [1.54, 1.807) is 12.1 Å². The van der Waals surface area contributed by atoms with Gasteiger partial charge in [0.25, 0.3) is 0 Å². The van der Waals surface area contributed by atoms with Gasteiger partial charge in [0, 0.05) is 10.6 Å². The summed E-state index contributed by atoms with van der Waals surface area (Å²) in [5, 5.41) is 12.7. The Bertz CT molecular complexity index is 1600. The molecule has 0 aliphatic rings. The van der Waals surface area contributed by atoms with Gasteiger partial charge in [0.1, 0.15) is 0 Å². The minimum Gasteiger partial charge on any atom is -0.466 e. The molecule has 0 saturated heterocycles. The molecule has 0 aromatic heterocycles. The predicted octanol–water partition coefficient (Wildman–Crippen LogP) is 23.0. The van der Waals surface area contributed by atoms with Crippen molar-refractivity contribution in [1.82, 2.24) is 0 Å². The van der Waals surface area contributed by atoms with Crippen molar-refractivity contribution in [2.24, 2.45) is 5.92 Å². The van der Waals surface area contributed by atoms with Crippen molar-refractivity contribution in [2.45, 2.75) is 380 Å². The monoisotopic (exact) mass is 1170 g/mol. The van der Waals surface area contributed by atoms with Gasteiger partial charge >= 0.3 is 17.9 Å². The number of unbranched alkanes of at least 4 members (excludes halogenated alkanes) is 51. The van der Waals surface area contributed by atoms with Crippen molar-refractivity contribution >= 4 is 35.3 Å². The lowest BCUT2D eigenvalue weighted by Crippen LogP contribution is -2.55. The molecule has 1 aromatic carbocycles. The minimum atomic E-state index is -2.86. The molecule has 0 saturated carbocycles. The number of ketones is 1. The highest BCUT2D eigenvalue weighted by molar-refractivity contribution is 6.31. The van der Waals surface area contributed by atoms with Gasteiger partial charge in [-0.2, -0.15) is 0 Å². The largest absolute Gasteiger partial charge is 0.466 e. The highest BCUT2D eigenvalue weighted by atomic mass is 35.5. The van der Waals surface area contributed by atoms with Gasteiger partial charge in [-0.25, -0.2) is 4.79 Å². The summed E-state index contributed by atoms with van der Waals surface area (Å²) in [6.45, 7) is 6.93. The Morgan fingerprint density at radius 1 is 0.378 bits per heavy atom. The van der Waals surface area contributed by atoms with Crippen LogP contribution >= 0.6 is 11.6 Å². The molecule has 1 aromatic rings. The maximum absolute atomic E-state index is 14.4. The van der Waals surface area contributed by atoms with E-state index in [2.05, 4.69) is 20.8 Å². The van der Waals surface area contributed by atoms with E-state index in [1.807, 2.05) is 0 Å². The van der Waals surface area contributed by atoms with Crippen LogP contribution in [0, 0.1) is 5.92 Å². The van der Waals surface area contributed by atoms with Gasteiger partial charge in [-0.3, -0.25) is 14.4 Å². The van der Waals surface area contributed by atoms with E-state index >= 15 is 0 Å². The predicted molar refractivity (Wildman–Crippen MR) is 348 cm³/mol. The molecule has 1 N–H and O–H groups in total. The van der Waals surface area contributed by atoms with Crippen LogP contribution in [0.4, 0.5) is 0 Å². The molecule has 8 nitrogen and oxygen atoms in total. The van der Waals surface area contributed by atoms with Crippen LogP contribution in [0.25, 0.3) is 0 Å². The molecule has 1 rings (SSSR count). The summed E-state index contributed by atoms with van der Waals surface area (Å²) in [6, 6.07) is 6.04. The smallest absolute Gasteiger partial charge is 0.340 e. The molecule has 0 amide bonds. The van der Waals surface area contributed by atoms with Crippen LogP contribution in [0.15, 0.2) is 24.3 Å². The van der Waals surface area contributed by atoms with Gasteiger partial charge in [0.15, 0.2) is 17.3 Å². The van der Waals surface area contributed by atoms with E-state index in [4.69, 9.17) is 25.8 Å². The first-order valence-electron chi connectivity index (χ1n) is 35.7. The number of carbonyl (C=O) groups is 4. The third-order valence-electron chi connectivity index (χ3n) is 17.1. The first-order valence-corrected chi connectivity index (χ1v) is 36.1. The second-order valence-electron chi connectivity index (χ2n) is 25.0. The van der Waals surface area contributed by atoms with Crippen LogP contribution in [0.2, 0.25) is 5.02 Å². The SMILES string of the molecule is CCCCCCCCCCCCCCCCCCCCOC(=O)CC(O)(C(=O)OCCCCCCCCCCCCCCCCCCCC)C(C(=O)OCCCCCCCCCCCCCCCCCCCC)C(=O)c1cccc(Cl)c1. The van der Waals surface area contributed by atoms with E-state index in [0.29, 0.717) is 19.3 Å². The van der Waals surface area contributed by atoms with Crippen LogP contribution in [-0.4, -0.2) is 54.2 Å². The fraction of sp³-hybridized carbons (Fsp3) is 0.863. The van der Waals surface area contributed by atoms with E-state index in [-0.39, 0.29) is 30.4 Å². The number of hydrogen-bond acceptors (Lipinski definition) is 8. The summed E-state index contributed by atoms with van der Waals surface area (Å²) in [4.78, 5) is 56.3. The van der Waals surface area contributed by atoms with Gasteiger partial charge in [-0.15, -0.1) is 0 Å². The lowest BCUT2D eigenvalue weighted by molar-refractivity contribution is -0.183. The summed E-state index contributed by atoms with van der Waals surface area (Å²) in [7, 11) is 0. The number of aliphatic hydroxyl groups is 1. The Labute approximate surface area is 511 Å². The number of benzene rings is 1. The number of rotatable bonds is 64. The normalized spacial score (nSPS) is 12.6. The second kappa shape index (κ2) is 58.9. The van der Waals surface area contributed by atoms with E-state index in [9.17, 15) is 24.3 Å². The van der Waals surface area contributed by atoms with Gasteiger partial charge in [-0.05, 0) is 31.4 Å². The van der Waals surface area contributed by atoms with Crippen LogP contribution in [-0.2, 0) is 28.6 Å². The molecule has 9 heteroatoms. The Hall–Kier alpha value is -2.45. The molecule has 2 atom stereocenters. The minimum absolute atomic E-state index is 0.0132. The van der Waals surface area contributed by atoms with Crippen molar-refractivity contribution in [3.05, 3.63) is 34.9 Å². The van der Waals surface area contributed by atoms with Crippen molar-refractivity contribution in [1.29, 1.82) is 0 Å². The number of ether oxygens (including phenoxy) is 3. The Morgan fingerprint density at radius 3 is 0.915 bits per heavy atom. The van der Waals surface area contributed by atoms with E-state index in [1.165, 1.54) is 282 Å². The van der Waals surface area contributed by atoms with Gasteiger partial charge < -0.3 is 19.3 Å². The van der Waals surface area contributed by atoms with Gasteiger partial charge in [0.2, 0.25) is 0 Å². The summed E-state index contributed by atoms with van der Waals surface area (Å²) >= 11 is 6.32. The summed E-state index contributed by atoms with van der Waals surface area (Å²) < 4.78 is 17.0. The molecule has 82 heavy (non-hydrogen) atoms. The van der Waals surface area contributed by atoms with Gasteiger partial charge in [0.05, 0.1) is 26.2 Å². The van der Waals surface area contributed by atoms with Crippen molar-refractivity contribution in [2.75, 3.05) is 19.8 Å². The van der Waals surface area contributed by atoms with E-state index < -0.39 is 41.6 Å². The molecule has 0 fully saturated rings. The topological polar surface area (TPSA) is 116 Å². The molecule has 0 aliphatic heterocycles. The Morgan fingerprint density at radius 2 is 0.634 bits per heavy atom. The lowest BCUT2D eigenvalue weighted by atomic mass is 9.79. The maximum atomic E-state index is 14.4. The van der Waals surface area contributed by atoms with E-state index in [0.717, 1.165) is 57.8 Å². The molecule has 0 bridgehead atoms. The fourth-order valence-corrected chi connectivity index (χ4v) is 11.8. The van der Waals surface area contributed by atoms with Crippen LogP contribution in [0.5, 0.6) is 0 Å². The van der Waals surface area contributed by atoms with Crippen LogP contribution in [0.3, 0.4) is 0 Å². The second-order valence-corrected chi connectivity index (χ2v) is 25.4. The van der Waals surface area contributed by atoms with Crippen molar-refractivity contribution in [3.63, 3.8) is 0 Å². The number of carbonyl (C=O) groups excluding carboxylic acids is 4. The average molecular weight is 1170 g/mol. The lowest BCUT2D eigenvalue weighted by Gasteiger charge is -2.31. The average Bonchev–Trinajstić information content (AvgIpc) is 3.62. The quantitative estimate of drug-likeness (QED) is 0.0225. The van der Waals surface area contributed by atoms with Crippen LogP contribution < -0.4 is 0 Å². The summed E-state index contributed by atoms with van der Waals surface area (Å²) in [6.07, 6.45) is 65.8. The first-order chi connectivity index (χ1) is 40.2. The third-order valence-corrected chi connectivity index (χ3v) is 17.3. The number of Topliss-reactive ketones (excluding diaryl/α,β-unsaturated/α-hetero) is 1. The first kappa shape index (κ1) is 77.6. The van der Waals surface area contributed by atoms with Crippen LogP contribution in [0.1, 0.15) is 384 Å². The molecular weight excluding hydrogens is 1040 g/mol. The molecular formula is C73H131ClO8. The zero-order chi connectivity index (χ0) is 59.5. The number of hydrogen-bond donors (Lipinski definition) is 1. The molecule has 0 spiro atoms. The summed E-state index contributed by atoms with van der Waals surface area (Å²) in [5.74, 6) is -6.07. The zero-order valence-electron chi connectivity index (χ0n) is 54.1. The van der Waals surface area contributed by atoms with Gasteiger partial charge in [-0.1, -0.05) is 372 Å². The standard InChI is InChI=1S/C73H131ClO8/c1-4-7-10-13-16-19-22-25-28-31-34-37-40-43-46-49-52-55-61-80-68(75)65-73(79,72(78)82-63-57-54-51-48-45-42-39-36-33-30-27-24-21-18-15-12-9-6-3)69(70(76)66-59-58-60-67(74)64-66)71(77)81-62-56-53-50-47-44-41-38-35-32-29-26-23-20-17-14-11-8-5-2/h58-60,64,69,79H,4-57,61-63,65H2,1-3H3. The molecule has 0 radical (unpaired) electrons. The number of esters is 3. The Kier molecular flexibility index (Phi) is 55.7. The van der Waals surface area contributed by atoms with Crippen molar-refractivity contribution < 1.29 is 38.5 Å². The van der Waals surface area contributed by atoms with Crippen molar-refractivity contribution in [3.8, 4) is 0 Å². The molecule has 0 aliphatic carbocycles. The summed E-state index contributed by atoms with van der Waals surface area (Å²) in [5.41, 5.74) is -2.84. The zero-order valence-corrected chi connectivity index (χ0v) is 54.8. The molecule has 478 valence electrons. The highest BCUT2D eigenvalue weighted by Crippen LogP contribution is 2.31. The molecule has 0 heterocycles. The Balaban J connectivity index is 2.71. The third kappa shape index (κ3) is 45.9. The molecule has 2 unspecified atom stereocenters. The number of halogens is 1. The highest BCUT2D eigenvalue weighted by Gasteiger charge is 2.55. The maximum Gasteiger partial charge on any atom is 0.340 e. The fourth-order valence-electron chi connectivity index (χ4n) is 11.6.